The number of benzene rings is 2. The van der Waals surface area contributed by atoms with Gasteiger partial charge in [0.15, 0.2) is 0 Å². The lowest BCUT2D eigenvalue weighted by atomic mass is 9.95. The Kier molecular flexibility index (Phi) is 9.02. The minimum Gasteiger partial charge on any atom is -0.480 e. The highest BCUT2D eigenvalue weighted by atomic mass is 35.5. The Labute approximate surface area is 235 Å². The number of hydrogen-bond donors (Lipinski definition) is 2. The van der Waals surface area contributed by atoms with Crippen LogP contribution in [0, 0.1) is 5.92 Å². The number of carbonyl (C=O) groups is 4. The molecule has 0 bridgehead atoms. The monoisotopic (exact) mass is 575 g/mol. The third-order valence-corrected chi connectivity index (χ3v) is 8.57. The number of halogens is 2. The van der Waals surface area contributed by atoms with Gasteiger partial charge in [0, 0.05) is 35.7 Å². The molecular formula is C27H27Cl2N3O5S. The van der Waals surface area contributed by atoms with E-state index in [1.165, 1.54) is 22.7 Å². The zero-order valence-electron chi connectivity index (χ0n) is 20.7. The molecule has 0 radical (unpaired) electrons. The molecule has 4 rings (SSSR count). The molecule has 1 saturated heterocycles. The lowest BCUT2D eigenvalue weighted by molar-refractivity contribution is -0.142. The highest BCUT2D eigenvalue weighted by Crippen LogP contribution is 2.35. The molecule has 1 atom stereocenters. The number of nitrogens with one attached hydrogen (secondary N) is 1. The molecule has 1 unspecified atom stereocenters. The number of aliphatic carboxylic acids is 1. The van der Waals surface area contributed by atoms with Crippen molar-refractivity contribution in [2.75, 3.05) is 30.8 Å². The third-order valence-electron chi connectivity index (χ3n) is 6.78. The maximum absolute atomic E-state index is 12.9. The van der Waals surface area contributed by atoms with Gasteiger partial charge in [-0.05, 0) is 48.4 Å². The number of anilines is 1. The summed E-state index contributed by atoms with van der Waals surface area (Å²) < 4.78 is 0. The quantitative estimate of drug-likeness (QED) is 0.362. The van der Waals surface area contributed by atoms with E-state index in [0.717, 1.165) is 10.5 Å². The van der Waals surface area contributed by atoms with Crippen LogP contribution in [0.4, 0.5) is 5.69 Å². The Hall–Kier alpha value is -3.01. The Morgan fingerprint density at radius 3 is 2.53 bits per heavy atom. The molecule has 3 amide bonds. The van der Waals surface area contributed by atoms with Crippen LogP contribution in [0.2, 0.25) is 10.0 Å². The van der Waals surface area contributed by atoms with Gasteiger partial charge in [0.25, 0.3) is 0 Å². The normalized spacial score (nSPS) is 16.6. The number of likely N-dealkylation sites (tertiary alicyclic amines) is 1. The van der Waals surface area contributed by atoms with Gasteiger partial charge in [-0.15, -0.1) is 11.8 Å². The lowest BCUT2D eigenvalue weighted by Crippen LogP contribution is -2.52. The van der Waals surface area contributed by atoms with Crippen molar-refractivity contribution < 1.29 is 24.3 Å². The average molecular weight is 577 g/mol. The maximum atomic E-state index is 12.9. The van der Waals surface area contributed by atoms with Gasteiger partial charge in [0.2, 0.25) is 17.7 Å². The van der Waals surface area contributed by atoms with Gasteiger partial charge in [-0.1, -0.05) is 47.5 Å². The molecule has 1 fully saturated rings. The van der Waals surface area contributed by atoms with E-state index in [2.05, 4.69) is 5.32 Å². The molecule has 2 aromatic rings. The van der Waals surface area contributed by atoms with Crippen LogP contribution in [0.1, 0.15) is 24.0 Å². The second-order valence-corrected chi connectivity index (χ2v) is 10.7. The number of carbonyl (C=O) groups excluding carboxylic acids is 3. The number of carboxylic acid groups (broad SMARTS) is 1. The molecular weight excluding hydrogens is 549 g/mol. The summed E-state index contributed by atoms with van der Waals surface area (Å²) in [6, 6.07) is 9.61. The van der Waals surface area contributed by atoms with Crippen molar-refractivity contribution in [3.05, 3.63) is 63.6 Å². The Morgan fingerprint density at radius 1 is 1.13 bits per heavy atom. The van der Waals surface area contributed by atoms with Gasteiger partial charge in [-0.25, -0.2) is 4.79 Å². The summed E-state index contributed by atoms with van der Waals surface area (Å²) >= 11 is 14.1. The van der Waals surface area contributed by atoms with E-state index >= 15 is 0 Å². The molecule has 2 aliphatic heterocycles. The maximum Gasteiger partial charge on any atom is 0.328 e. The lowest BCUT2D eigenvalue weighted by Gasteiger charge is -2.31. The summed E-state index contributed by atoms with van der Waals surface area (Å²) in [7, 11) is 0. The van der Waals surface area contributed by atoms with Crippen LogP contribution in [0.15, 0.2) is 47.4 Å². The van der Waals surface area contributed by atoms with E-state index in [4.69, 9.17) is 23.2 Å². The minimum absolute atomic E-state index is 0.149. The topological polar surface area (TPSA) is 107 Å². The number of fused-ring (bicyclic) bond motifs is 1. The van der Waals surface area contributed by atoms with E-state index < -0.39 is 23.8 Å². The summed E-state index contributed by atoms with van der Waals surface area (Å²) in [4.78, 5) is 53.9. The van der Waals surface area contributed by atoms with E-state index in [-0.39, 0.29) is 24.8 Å². The van der Waals surface area contributed by atoms with Gasteiger partial charge in [0.1, 0.15) is 6.04 Å². The molecule has 2 N–H and O–H groups in total. The molecule has 2 aromatic carbocycles. The predicted octanol–water partition coefficient (Wildman–Crippen LogP) is 4.13. The minimum atomic E-state index is -1.24. The largest absolute Gasteiger partial charge is 0.480 e. The second kappa shape index (κ2) is 12.2. The zero-order chi connectivity index (χ0) is 27.4. The van der Waals surface area contributed by atoms with Crippen molar-refractivity contribution in [2.24, 2.45) is 5.92 Å². The fraction of sp³-hybridized carbons (Fsp3) is 0.333. The van der Waals surface area contributed by atoms with E-state index in [9.17, 15) is 24.3 Å². The number of nitrogens with zero attached hydrogens (tertiary/aromatic N) is 2. The van der Waals surface area contributed by atoms with Crippen molar-refractivity contribution in [3.8, 4) is 0 Å². The van der Waals surface area contributed by atoms with Crippen LogP contribution in [0.5, 0.6) is 0 Å². The average Bonchev–Trinajstić information content (AvgIpc) is 3.23. The number of thioether (sulfide) groups is 1. The Morgan fingerprint density at radius 2 is 1.84 bits per heavy atom. The summed E-state index contributed by atoms with van der Waals surface area (Å²) in [6.45, 7) is 0.567. The van der Waals surface area contributed by atoms with Crippen LogP contribution < -0.4 is 10.2 Å². The molecule has 0 spiro atoms. The van der Waals surface area contributed by atoms with Gasteiger partial charge in [-0.2, -0.15) is 0 Å². The van der Waals surface area contributed by atoms with E-state index in [1.807, 2.05) is 24.5 Å². The first-order valence-electron chi connectivity index (χ1n) is 12.1. The molecule has 0 saturated carbocycles. The molecule has 2 heterocycles. The summed E-state index contributed by atoms with van der Waals surface area (Å²) in [5.74, 6) is -2.44. The van der Waals surface area contributed by atoms with E-state index in [0.29, 0.717) is 47.2 Å². The number of amides is 3. The molecule has 0 aliphatic carbocycles. The first-order chi connectivity index (χ1) is 18.2. The second-order valence-electron chi connectivity index (χ2n) is 9.13. The number of hydrogen-bond acceptors (Lipinski definition) is 5. The summed E-state index contributed by atoms with van der Waals surface area (Å²) in [5.41, 5.74) is 2.14. The van der Waals surface area contributed by atoms with Crippen LogP contribution in [0.25, 0.3) is 6.08 Å². The van der Waals surface area contributed by atoms with Gasteiger partial charge >= 0.3 is 5.97 Å². The van der Waals surface area contributed by atoms with Crippen molar-refractivity contribution in [1.29, 1.82) is 0 Å². The van der Waals surface area contributed by atoms with Gasteiger partial charge in [0.05, 0.1) is 23.0 Å². The zero-order valence-corrected chi connectivity index (χ0v) is 23.0. The molecule has 8 nitrogen and oxygen atoms in total. The van der Waals surface area contributed by atoms with Crippen LogP contribution in [0.3, 0.4) is 0 Å². The fourth-order valence-electron chi connectivity index (χ4n) is 4.64. The molecule has 11 heteroatoms. The van der Waals surface area contributed by atoms with Crippen LogP contribution in [-0.2, 0) is 25.6 Å². The standard InChI is InChI=1S/C27H27Cl2N3O5S/c1-38-21-8-6-16(24(28)25(21)29)7-9-22(33)31-12-10-17(11-13-31)26(35)30-19(27(36)37)15-32-20-5-3-2-4-18(20)14-23(32)34/h2-9,17,19H,10-15H2,1H3,(H,30,35)(H,36,37)/b9-7+. The van der Waals surface area contributed by atoms with Gasteiger partial charge < -0.3 is 20.2 Å². The molecule has 200 valence electrons. The third kappa shape index (κ3) is 6.17. The number of carboxylic acids is 1. The fourth-order valence-corrected chi connectivity index (χ4v) is 5.81. The number of para-hydroxylation sites is 1. The smallest absolute Gasteiger partial charge is 0.328 e. The Balaban J connectivity index is 1.31. The van der Waals surface area contributed by atoms with Crippen molar-refractivity contribution >= 4 is 70.4 Å². The highest BCUT2D eigenvalue weighted by Gasteiger charge is 2.34. The first-order valence-corrected chi connectivity index (χ1v) is 14.1. The summed E-state index contributed by atoms with van der Waals surface area (Å²) in [5, 5.41) is 13.1. The van der Waals surface area contributed by atoms with Crippen molar-refractivity contribution in [2.45, 2.75) is 30.2 Å². The number of piperidine rings is 1. The Bertz CT molecular complexity index is 1290. The molecule has 2 aliphatic rings. The first kappa shape index (κ1) is 28.0. The predicted molar refractivity (Wildman–Crippen MR) is 149 cm³/mol. The van der Waals surface area contributed by atoms with Gasteiger partial charge in [-0.3, -0.25) is 14.4 Å². The van der Waals surface area contributed by atoms with Crippen molar-refractivity contribution in [3.63, 3.8) is 0 Å². The molecule has 38 heavy (non-hydrogen) atoms. The van der Waals surface area contributed by atoms with Crippen LogP contribution in [-0.4, -0.2) is 65.6 Å². The number of rotatable bonds is 8. The summed E-state index contributed by atoms with van der Waals surface area (Å²) in [6.07, 6.45) is 5.96. The van der Waals surface area contributed by atoms with E-state index in [1.54, 1.807) is 29.2 Å². The SMILES string of the molecule is CSc1ccc(/C=C/C(=O)N2CCC(C(=O)NC(CN3C(=O)Cc4ccccc43)C(=O)O)CC2)c(Cl)c1Cl. The highest BCUT2D eigenvalue weighted by molar-refractivity contribution is 7.98. The van der Waals surface area contributed by atoms with Crippen LogP contribution >= 0.6 is 35.0 Å². The van der Waals surface area contributed by atoms with Crippen molar-refractivity contribution in [1.82, 2.24) is 10.2 Å². The molecule has 0 aromatic heterocycles.